The predicted octanol–water partition coefficient (Wildman–Crippen LogP) is 3.61. The molecule has 0 fully saturated rings. The average molecular weight is 324 g/mol. The molecule has 0 aromatic heterocycles. The summed E-state index contributed by atoms with van der Waals surface area (Å²) in [7, 11) is 0. The van der Waals surface area contributed by atoms with Crippen LogP contribution in [0, 0.1) is 0 Å². The van der Waals surface area contributed by atoms with Crippen LogP contribution in [0.5, 0.6) is 0 Å². The molecule has 6 heteroatoms. The lowest BCUT2D eigenvalue weighted by atomic mass is 10.1. The minimum absolute atomic E-state index is 0.0312. The number of carbonyl (C=O) groups is 1. The van der Waals surface area contributed by atoms with Gasteiger partial charge in [0.25, 0.3) is 5.91 Å². The molecule has 0 bridgehead atoms. The first kappa shape index (κ1) is 15.0. The molecule has 0 unspecified atom stereocenters. The van der Waals surface area contributed by atoms with Gasteiger partial charge in [0.1, 0.15) is 0 Å². The van der Waals surface area contributed by atoms with Crippen molar-refractivity contribution < 1.29 is 18.0 Å². The van der Waals surface area contributed by atoms with E-state index < -0.39 is 17.6 Å². The highest BCUT2D eigenvalue weighted by molar-refractivity contribution is 9.09. The predicted molar refractivity (Wildman–Crippen MR) is 66.8 cm³/mol. The standard InChI is InChI=1S/C12H13BrF3NO/c13-6-1-2-7-17-11(18)9-4-3-5-10(8-9)12(14,15)16/h3-5,8H,1-2,6-7H2,(H,17,18). The van der Waals surface area contributed by atoms with E-state index >= 15 is 0 Å². The van der Waals surface area contributed by atoms with E-state index in [2.05, 4.69) is 21.2 Å². The van der Waals surface area contributed by atoms with Crippen LogP contribution in [0.15, 0.2) is 24.3 Å². The maximum absolute atomic E-state index is 12.4. The van der Waals surface area contributed by atoms with E-state index in [0.717, 1.165) is 30.3 Å². The Morgan fingerprint density at radius 1 is 1.28 bits per heavy atom. The number of halogens is 4. The third-order valence-electron chi connectivity index (χ3n) is 2.30. The molecule has 0 heterocycles. The molecule has 1 N–H and O–H groups in total. The fraction of sp³-hybridized carbons (Fsp3) is 0.417. The number of unbranched alkanes of at least 4 members (excludes halogenated alkanes) is 1. The second kappa shape index (κ2) is 6.78. The normalized spacial score (nSPS) is 11.3. The quantitative estimate of drug-likeness (QED) is 0.651. The molecule has 100 valence electrons. The smallest absolute Gasteiger partial charge is 0.352 e. The van der Waals surface area contributed by atoms with E-state index in [1.165, 1.54) is 12.1 Å². The van der Waals surface area contributed by atoms with Gasteiger partial charge in [0.2, 0.25) is 0 Å². The number of nitrogens with one attached hydrogen (secondary N) is 1. The van der Waals surface area contributed by atoms with Crippen LogP contribution in [0.4, 0.5) is 13.2 Å². The van der Waals surface area contributed by atoms with Gasteiger partial charge < -0.3 is 5.32 Å². The minimum atomic E-state index is -4.42. The van der Waals surface area contributed by atoms with Crippen LogP contribution in [-0.2, 0) is 6.18 Å². The molecule has 0 atom stereocenters. The Hall–Kier alpha value is -1.04. The van der Waals surface area contributed by atoms with Gasteiger partial charge in [0.15, 0.2) is 0 Å². The zero-order chi connectivity index (χ0) is 13.6. The molecule has 0 aliphatic heterocycles. The third kappa shape index (κ3) is 4.68. The van der Waals surface area contributed by atoms with Crippen LogP contribution in [0.2, 0.25) is 0 Å². The first-order valence-corrected chi connectivity index (χ1v) is 6.58. The molecule has 0 saturated carbocycles. The fourth-order valence-corrected chi connectivity index (χ4v) is 1.76. The lowest BCUT2D eigenvalue weighted by Crippen LogP contribution is -2.24. The van der Waals surface area contributed by atoms with E-state index in [-0.39, 0.29) is 5.56 Å². The van der Waals surface area contributed by atoms with Gasteiger partial charge in [-0.15, -0.1) is 0 Å². The number of carbonyl (C=O) groups excluding carboxylic acids is 1. The Labute approximate surface area is 112 Å². The second-order valence-corrected chi connectivity index (χ2v) is 4.52. The van der Waals surface area contributed by atoms with Crippen molar-refractivity contribution >= 4 is 21.8 Å². The first-order valence-electron chi connectivity index (χ1n) is 5.46. The van der Waals surface area contributed by atoms with Crippen molar-refractivity contribution in [2.75, 3.05) is 11.9 Å². The molecule has 0 saturated heterocycles. The van der Waals surface area contributed by atoms with Gasteiger partial charge in [0.05, 0.1) is 5.56 Å². The Bertz CT molecular complexity index is 407. The summed E-state index contributed by atoms with van der Waals surface area (Å²) in [5.41, 5.74) is -0.778. The maximum atomic E-state index is 12.4. The summed E-state index contributed by atoms with van der Waals surface area (Å²) in [5, 5.41) is 3.43. The average Bonchev–Trinajstić information content (AvgIpc) is 2.33. The largest absolute Gasteiger partial charge is 0.416 e. The number of hydrogen-bond donors (Lipinski definition) is 1. The Balaban J connectivity index is 2.63. The fourth-order valence-electron chi connectivity index (χ4n) is 1.36. The molecular weight excluding hydrogens is 311 g/mol. The molecule has 1 amide bonds. The number of amides is 1. The molecule has 1 aromatic rings. The van der Waals surface area contributed by atoms with Gasteiger partial charge in [0, 0.05) is 17.4 Å². The van der Waals surface area contributed by atoms with Crippen LogP contribution in [0.25, 0.3) is 0 Å². The van der Waals surface area contributed by atoms with Gasteiger partial charge in [-0.2, -0.15) is 13.2 Å². The van der Waals surface area contributed by atoms with Gasteiger partial charge in [-0.1, -0.05) is 22.0 Å². The second-order valence-electron chi connectivity index (χ2n) is 3.73. The topological polar surface area (TPSA) is 29.1 Å². The zero-order valence-electron chi connectivity index (χ0n) is 9.56. The summed E-state index contributed by atoms with van der Waals surface area (Å²) in [6.07, 6.45) is -2.73. The van der Waals surface area contributed by atoms with E-state index in [9.17, 15) is 18.0 Å². The van der Waals surface area contributed by atoms with Crippen LogP contribution in [0.1, 0.15) is 28.8 Å². The lowest BCUT2D eigenvalue weighted by molar-refractivity contribution is -0.137. The third-order valence-corrected chi connectivity index (χ3v) is 2.86. The van der Waals surface area contributed by atoms with E-state index in [1.54, 1.807) is 0 Å². The summed E-state index contributed by atoms with van der Waals surface area (Å²) >= 11 is 3.26. The number of hydrogen-bond acceptors (Lipinski definition) is 1. The van der Waals surface area contributed by atoms with Gasteiger partial charge in [-0.25, -0.2) is 0 Å². The number of alkyl halides is 4. The van der Waals surface area contributed by atoms with Crippen molar-refractivity contribution in [1.29, 1.82) is 0 Å². The molecule has 1 rings (SSSR count). The van der Waals surface area contributed by atoms with Crippen molar-refractivity contribution in [3.05, 3.63) is 35.4 Å². The van der Waals surface area contributed by atoms with Crippen LogP contribution < -0.4 is 5.32 Å². The van der Waals surface area contributed by atoms with Crippen LogP contribution in [-0.4, -0.2) is 17.8 Å². The molecule has 1 aromatic carbocycles. The Kier molecular flexibility index (Phi) is 5.65. The van der Waals surface area contributed by atoms with E-state index in [1.807, 2.05) is 0 Å². The van der Waals surface area contributed by atoms with Crippen LogP contribution >= 0.6 is 15.9 Å². The Morgan fingerprint density at radius 2 is 2.00 bits per heavy atom. The summed E-state index contributed by atoms with van der Waals surface area (Å²) in [6.45, 7) is 0.459. The monoisotopic (exact) mass is 323 g/mol. The summed E-state index contributed by atoms with van der Waals surface area (Å²) in [4.78, 5) is 11.6. The summed E-state index contributed by atoms with van der Waals surface area (Å²) in [6, 6.07) is 4.41. The summed E-state index contributed by atoms with van der Waals surface area (Å²) < 4.78 is 37.3. The number of benzene rings is 1. The molecule has 0 aliphatic rings. The summed E-state index contributed by atoms with van der Waals surface area (Å²) in [5.74, 6) is -0.476. The van der Waals surface area contributed by atoms with Crippen molar-refractivity contribution in [1.82, 2.24) is 5.32 Å². The van der Waals surface area contributed by atoms with Gasteiger partial charge in [-0.3, -0.25) is 4.79 Å². The lowest BCUT2D eigenvalue weighted by Gasteiger charge is -2.09. The maximum Gasteiger partial charge on any atom is 0.416 e. The molecular formula is C12H13BrF3NO. The number of rotatable bonds is 5. The van der Waals surface area contributed by atoms with Crippen molar-refractivity contribution in [3.63, 3.8) is 0 Å². The highest BCUT2D eigenvalue weighted by Crippen LogP contribution is 2.29. The first-order chi connectivity index (χ1) is 8.45. The molecule has 0 spiro atoms. The minimum Gasteiger partial charge on any atom is -0.352 e. The Morgan fingerprint density at radius 3 is 2.61 bits per heavy atom. The highest BCUT2D eigenvalue weighted by Gasteiger charge is 2.30. The van der Waals surface area contributed by atoms with Crippen molar-refractivity contribution in [2.24, 2.45) is 0 Å². The van der Waals surface area contributed by atoms with Gasteiger partial charge >= 0.3 is 6.18 Å². The van der Waals surface area contributed by atoms with Crippen molar-refractivity contribution in [3.8, 4) is 0 Å². The van der Waals surface area contributed by atoms with E-state index in [4.69, 9.17) is 0 Å². The highest BCUT2D eigenvalue weighted by atomic mass is 79.9. The molecule has 0 radical (unpaired) electrons. The van der Waals surface area contributed by atoms with Crippen molar-refractivity contribution in [2.45, 2.75) is 19.0 Å². The van der Waals surface area contributed by atoms with E-state index in [0.29, 0.717) is 6.54 Å². The van der Waals surface area contributed by atoms with Gasteiger partial charge in [-0.05, 0) is 31.0 Å². The molecule has 18 heavy (non-hydrogen) atoms. The molecule has 0 aliphatic carbocycles. The SMILES string of the molecule is O=C(NCCCCBr)c1cccc(C(F)(F)F)c1. The molecule has 2 nitrogen and oxygen atoms in total. The van der Waals surface area contributed by atoms with Crippen LogP contribution in [0.3, 0.4) is 0 Å². The zero-order valence-corrected chi connectivity index (χ0v) is 11.1.